The Morgan fingerprint density at radius 2 is 2.17 bits per heavy atom. The summed E-state index contributed by atoms with van der Waals surface area (Å²) in [5.41, 5.74) is 1.94. The van der Waals surface area contributed by atoms with Crippen LogP contribution in [0.1, 0.15) is 29.1 Å². The van der Waals surface area contributed by atoms with Gasteiger partial charge in [0.2, 0.25) is 0 Å². The molecule has 0 amide bonds. The van der Waals surface area contributed by atoms with E-state index in [0.717, 1.165) is 11.0 Å². The fraction of sp³-hybridized carbons (Fsp3) is 0.294. The average molecular weight is 314 g/mol. The standard InChI is InChI=1S/C17H18N2O4/c1-10(9-22-3)19-14-7-5-4-6-13(14)18-16(19)15-8-12(17(20)21)11(2)23-15/h4-8,10H,9H2,1-3H3,(H,20,21). The predicted molar refractivity (Wildman–Crippen MR) is 85.7 cm³/mol. The number of aromatic nitrogens is 2. The number of benzene rings is 1. The maximum atomic E-state index is 11.3. The Labute approximate surface area is 133 Å². The molecule has 2 heterocycles. The van der Waals surface area contributed by atoms with Gasteiger partial charge in [-0.25, -0.2) is 9.78 Å². The molecule has 120 valence electrons. The number of methoxy groups -OCH3 is 1. The lowest BCUT2D eigenvalue weighted by molar-refractivity contribution is 0.0695. The summed E-state index contributed by atoms with van der Waals surface area (Å²) in [6.45, 7) is 4.17. The number of furan rings is 1. The van der Waals surface area contributed by atoms with E-state index in [1.807, 2.05) is 35.8 Å². The molecule has 0 aliphatic heterocycles. The lowest BCUT2D eigenvalue weighted by Gasteiger charge is -2.15. The number of fused-ring (bicyclic) bond motifs is 1. The molecular weight excluding hydrogens is 296 g/mol. The fourth-order valence-corrected chi connectivity index (χ4v) is 2.78. The van der Waals surface area contributed by atoms with Gasteiger partial charge in [0.25, 0.3) is 0 Å². The average Bonchev–Trinajstić information content (AvgIpc) is 3.07. The van der Waals surface area contributed by atoms with E-state index in [0.29, 0.717) is 24.0 Å². The predicted octanol–water partition coefficient (Wildman–Crippen LogP) is 3.51. The van der Waals surface area contributed by atoms with Crippen molar-refractivity contribution in [3.8, 4) is 11.6 Å². The van der Waals surface area contributed by atoms with Gasteiger partial charge in [0.15, 0.2) is 11.6 Å². The Bertz CT molecular complexity index is 863. The highest BCUT2D eigenvalue weighted by molar-refractivity contribution is 5.90. The third-order valence-corrected chi connectivity index (χ3v) is 3.81. The summed E-state index contributed by atoms with van der Waals surface area (Å²) in [5, 5.41) is 9.22. The van der Waals surface area contributed by atoms with Gasteiger partial charge < -0.3 is 18.8 Å². The van der Waals surface area contributed by atoms with Gasteiger partial charge in [-0.15, -0.1) is 0 Å². The summed E-state index contributed by atoms with van der Waals surface area (Å²) < 4.78 is 12.9. The fourth-order valence-electron chi connectivity index (χ4n) is 2.78. The van der Waals surface area contributed by atoms with Crippen LogP contribution in [0, 0.1) is 6.92 Å². The highest BCUT2D eigenvalue weighted by atomic mass is 16.5. The zero-order valence-corrected chi connectivity index (χ0v) is 13.2. The number of carbonyl (C=O) groups is 1. The molecule has 0 spiro atoms. The first-order valence-electron chi connectivity index (χ1n) is 7.33. The van der Waals surface area contributed by atoms with Gasteiger partial charge in [-0.1, -0.05) is 12.1 Å². The Morgan fingerprint density at radius 3 is 2.83 bits per heavy atom. The summed E-state index contributed by atoms with van der Waals surface area (Å²) in [7, 11) is 1.65. The highest BCUT2D eigenvalue weighted by Gasteiger charge is 2.22. The van der Waals surface area contributed by atoms with Crippen molar-refractivity contribution in [3.05, 3.63) is 41.7 Å². The molecule has 1 N–H and O–H groups in total. The van der Waals surface area contributed by atoms with Gasteiger partial charge in [0.1, 0.15) is 11.3 Å². The summed E-state index contributed by atoms with van der Waals surface area (Å²) in [6.07, 6.45) is 0. The van der Waals surface area contributed by atoms with Gasteiger partial charge in [0.05, 0.1) is 23.7 Å². The van der Waals surface area contributed by atoms with Crippen LogP contribution in [0.3, 0.4) is 0 Å². The number of rotatable bonds is 5. The number of para-hydroxylation sites is 2. The second-order valence-electron chi connectivity index (χ2n) is 5.48. The number of hydrogen-bond donors (Lipinski definition) is 1. The Kier molecular flexibility index (Phi) is 3.92. The molecule has 0 bridgehead atoms. The molecular formula is C17H18N2O4. The lowest BCUT2D eigenvalue weighted by atomic mass is 10.2. The maximum Gasteiger partial charge on any atom is 0.339 e. The molecule has 3 rings (SSSR count). The molecule has 0 saturated heterocycles. The van der Waals surface area contributed by atoms with E-state index in [1.165, 1.54) is 6.07 Å². The normalized spacial score (nSPS) is 12.7. The zero-order valence-electron chi connectivity index (χ0n) is 13.2. The minimum Gasteiger partial charge on any atom is -0.478 e. The van der Waals surface area contributed by atoms with Crippen LogP contribution >= 0.6 is 0 Å². The van der Waals surface area contributed by atoms with Crippen molar-refractivity contribution in [1.29, 1.82) is 0 Å². The summed E-state index contributed by atoms with van der Waals surface area (Å²) in [5.74, 6) is 0.404. The molecule has 0 fully saturated rings. The third-order valence-electron chi connectivity index (χ3n) is 3.81. The number of imidazole rings is 1. The van der Waals surface area contributed by atoms with Gasteiger partial charge in [-0.3, -0.25) is 0 Å². The van der Waals surface area contributed by atoms with E-state index in [9.17, 15) is 9.90 Å². The van der Waals surface area contributed by atoms with E-state index < -0.39 is 5.97 Å². The quantitative estimate of drug-likeness (QED) is 0.779. The van der Waals surface area contributed by atoms with E-state index in [-0.39, 0.29) is 11.6 Å². The van der Waals surface area contributed by atoms with Crippen molar-refractivity contribution in [1.82, 2.24) is 9.55 Å². The molecule has 3 aromatic rings. The van der Waals surface area contributed by atoms with Crippen molar-refractivity contribution in [2.24, 2.45) is 0 Å². The van der Waals surface area contributed by atoms with Gasteiger partial charge in [-0.2, -0.15) is 0 Å². The summed E-state index contributed by atoms with van der Waals surface area (Å²) in [4.78, 5) is 15.9. The maximum absolute atomic E-state index is 11.3. The second kappa shape index (κ2) is 5.89. The monoisotopic (exact) mass is 314 g/mol. The Hall–Kier alpha value is -2.60. The number of hydrogen-bond acceptors (Lipinski definition) is 4. The molecule has 6 heteroatoms. The van der Waals surface area contributed by atoms with Crippen molar-refractivity contribution in [2.45, 2.75) is 19.9 Å². The number of aromatic carboxylic acids is 1. The minimum absolute atomic E-state index is 0.0288. The topological polar surface area (TPSA) is 77.5 Å². The van der Waals surface area contributed by atoms with Crippen LogP contribution in [0.4, 0.5) is 0 Å². The van der Waals surface area contributed by atoms with E-state index in [4.69, 9.17) is 9.15 Å². The van der Waals surface area contributed by atoms with Crippen molar-refractivity contribution >= 4 is 17.0 Å². The van der Waals surface area contributed by atoms with Crippen molar-refractivity contribution < 1.29 is 19.1 Å². The first-order chi connectivity index (χ1) is 11.0. The number of aryl methyl sites for hydroxylation is 1. The molecule has 0 aliphatic carbocycles. The SMILES string of the molecule is COCC(C)n1c(-c2cc(C(=O)O)c(C)o2)nc2ccccc21. The molecule has 0 radical (unpaired) electrons. The molecule has 6 nitrogen and oxygen atoms in total. The lowest BCUT2D eigenvalue weighted by Crippen LogP contribution is -2.12. The Balaban J connectivity index is 2.22. The summed E-state index contributed by atoms with van der Waals surface area (Å²) in [6, 6.07) is 9.31. The van der Waals surface area contributed by atoms with Crippen LogP contribution in [-0.2, 0) is 4.74 Å². The molecule has 0 aliphatic rings. The van der Waals surface area contributed by atoms with Gasteiger partial charge in [-0.05, 0) is 26.0 Å². The van der Waals surface area contributed by atoms with Crippen LogP contribution in [0.5, 0.6) is 0 Å². The van der Waals surface area contributed by atoms with Crippen LogP contribution in [0.25, 0.3) is 22.6 Å². The van der Waals surface area contributed by atoms with Crippen molar-refractivity contribution in [2.75, 3.05) is 13.7 Å². The number of carboxylic acids is 1. The zero-order chi connectivity index (χ0) is 16.6. The van der Waals surface area contributed by atoms with E-state index in [2.05, 4.69) is 4.98 Å². The minimum atomic E-state index is -1.01. The van der Waals surface area contributed by atoms with Crippen LogP contribution in [-0.4, -0.2) is 34.3 Å². The molecule has 1 aromatic carbocycles. The first-order valence-corrected chi connectivity index (χ1v) is 7.33. The molecule has 0 saturated carbocycles. The van der Waals surface area contributed by atoms with Gasteiger partial charge >= 0.3 is 5.97 Å². The van der Waals surface area contributed by atoms with Crippen LogP contribution in [0.15, 0.2) is 34.7 Å². The number of nitrogens with zero attached hydrogens (tertiary/aromatic N) is 2. The third kappa shape index (κ3) is 2.61. The Morgan fingerprint density at radius 1 is 1.43 bits per heavy atom. The summed E-state index contributed by atoms with van der Waals surface area (Å²) >= 11 is 0. The molecule has 1 atom stereocenters. The first kappa shape index (κ1) is 15.3. The molecule has 23 heavy (non-hydrogen) atoms. The molecule has 2 aromatic heterocycles. The number of carboxylic acid groups (broad SMARTS) is 1. The van der Waals surface area contributed by atoms with E-state index >= 15 is 0 Å². The van der Waals surface area contributed by atoms with Crippen LogP contribution in [0.2, 0.25) is 0 Å². The highest BCUT2D eigenvalue weighted by Crippen LogP contribution is 2.31. The van der Waals surface area contributed by atoms with E-state index in [1.54, 1.807) is 14.0 Å². The smallest absolute Gasteiger partial charge is 0.339 e. The number of ether oxygens (including phenoxy) is 1. The van der Waals surface area contributed by atoms with Crippen molar-refractivity contribution in [3.63, 3.8) is 0 Å². The second-order valence-corrected chi connectivity index (χ2v) is 5.48. The van der Waals surface area contributed by atoms with Crippen LogP contribution < -0.4 is 0 Å². The largest absolute Gasteiger partial charge is 0.478 e. The molecule has 1 unspecified atom stereocenters. The van der Waals surface area contributed by atoms with Gasteiger partial charge in [0, 0.05) is 13.2 Å².